The van der Waals surface area contributed by atoms with Crippen molar-refractivity contribution in [3.63, 3.8) is 0 Å². The molecule has 28 heavy (non-hydrogen) atoms. The summed E-state index contributed by atoms with van der Waals surface area (Å²) < 4.78 is 1.31. The molecule has 0 bridgehead atoms. The van der Waals surface area contributed by atoms with Crippen molar-refractivity contribution in [3.8, 4) is 0 Å². The van der Waals surface area contributed by atoms with Crippen LogP contribution >= 0.6 is 11.3 Å². The molecular weight excluding hydrogens is 378 g/mol. The molecule has 2 N–H and O–H groups in total. The summed E-state index contributed by atoms with van der Waals surface area (Å²) in [4.78, 5) is 46.7. The lowest BCUT2D eigenvalue weighted by Gasteiger charge is -2.31. The molecule has 0 unspecified atom stereocenters. The minimum Gasteiger partial charge on any atom is -0.355 e. The predicted molar refractivity (Wildman–Crippen MR) is 109 cm³/mol. The Bertz CT molecular complexity index is 928. The molecule has 8 nitrogen and oxygen atoms in total. The lowest BCUT2D eigenvalue weighted by molar-refractivity contribution is -0.902. The highest BCUT2D eigenvalue weighted by Gasteiger charge is 2.27. The number of quaternary nitrogens is 1. The molecule has 0 aliphatic carbocycles. The molecule has 1 aliphatic heterocycles. The summed E-state index contributed by atoms with van der Waals surface area (Å²) in [6.45, 7) is 10.8. The highest BCUT2D eigenvalue weighted by atomic mass is 32.1. The van der Waals surface area contributed by atoms with Gasteiger partial charge in [-0.25, -0.2) is 4.98 Å². The van der Waals surface area contributed by atoms with Crippen molar-refractivity contribution < 1.29 is 14.5 Å². The highest BCUT2D eigenvalue weighted by Crippen LogP contribution is 2.28. The van der Waals surface area contributed by atoms with Gasteiger partial charge in [-0.1, -0.05) is 6.92 Å². The fourth-order valence-corrected chi connectivity index (χ4v) is 4.58. The fourth-order valence-electron chi connectivity index (χ4n) is 3.47. The Hall–Kier alpha value is -2.26. The van der Waals surface area contributed by atoms with Crippen molar-refractivity contribution in [2.45, 2.75) is 33.7 Å². The molecule has 0 spiro atoms. The summed E-state index contributed by atoms with van der Waals surface area (Å²) in [5, 5.41) is 3.20. The predicted octanol–water partition coefficient (Wildman–Crippen LogP) is -0.347. The van der Waals surface area contributed by atoms with E-state index in [-0.39, 0.29) is 23.9 Å². The molecule has 1 saturated heterocycles. The van der Waals surface area contributed by atoms with Crippen LogP contribution < -0.4 is 15.8 Å². The van der Waals surface area contributed by atoms with Crippen molar-refractivity contribution in [2.75, 3.05) is 39.3 Å². The first-order chi connectivity index (χ1) is 13.5. The molecule has 3 heterocycles. The maximum Gasteiger partial charge on any atom is 0.264 e. The SMILES string of the molecule is CCCNC(=O)Cn1cnc2sc(C(=O)N3CC[NH+](CC)CC3)c(C)c2c1=O. The van der Waals surface area contributed by atoms with Gasteiger partial charge in [-0.2, -0.15) is 0 Å². The van der Waals surface area contributed by atoms with Gasteiger partial charge in [-0.3, -0.25) is 19.0 Å². The first kappa shape index (κ1) is 20.5. The number of fused-ring (bicyclic) bond motifs is 1. The van der Waals surface area contributed by atoms with Gasteiger partial charge in [0, 0.05) is 6.54 Å². The zero-order chi connectivity index (χ0) is 20.3. The summed E-state index contributed by atoms with van der Waals surface area (Å²) in [5.41, 5.74) is 0.390. The van der Waals surface area contributed by atoms with E-state index in [0.717, 1.165) is 39.1 Å². The van der Waals surface area contributed by atoms with Gasteiger partial charge in [0.15, 0.2) is 0 Å². The van der Waals surface area contributed by atoms with Crippen LogP contribution in [-0.2, 0) is 11.3 Å². The van der Waals surface area contributed by atoms with Crippen LogP contribution in [0.2, 0.25) is 0 Å². The van der Waals surface area contributed by atoms with E-state index in [1.54, 1.807) is 6.92 Å². The monoisotopic (exact) mass is 406 g/mol. The van der Waals surface area contributed by atoms with E-state index < -0.39 is 0 Å². The van der Waals surface area contributed by atoms with E-state index in [4.69, 9.17) is 0 Å². The highest BCUT2D eigenvalue weighted by molar-refractivity contribution is 7.20. The van der Waals surface area contributed by atoms with Gasteiger partial charge in [0.25, 0.3) is 11.5 Å². The standard InChI is InChI=1S/C19H27N5O3S/c1-4-6-20-14(25)11-24-12-21-17-15(18(24)26)13(3)16(28-17)19(27)23-9-7-22(5-2)8-10-23/h12H,4-11H2,1-3H3,(H,20,25)/p+1. The molecule has 9 heteroatoms. The third kappa shape index (κ3) is 4.10. The smallest absolute Gasteiger partial charge is 0.264 e. The van der Waals surface area contributed by atoms with Gasteiger partial charge in [0.2, 0.25) is 5.91 Å². The second-order valence-corrected chi connectivity index (χ2v) is 8.16. The minimum absolute atomic E-state index is 0.0257. The molecule has 0 radical (unpaired) electrons. The van der Waals surface area contributed by atoms with E-state index >= 15 is 0 Å². The van der Waals surface area contributed by atoms with Gasteiger partial charge in [-0.05, 0) is 25.8 Å². The Morgan fingerprint density at radius 1 is 1.29 bits per heavy atom. The van der Waals surface area contributed by atoms with Gasteiger partial charge >= 0.3 is 0 Å². The largest absolute Gasteiger partial charge is 0.355 e. The number of aromatic nitrogens is 2. The number of carbonyl (C=O) groups excluding carboxylic acids is 2. The van der Waals surface area contributed by atoms with E-state index in [1.807, 2.05) is 11.8 Å². The number of carbonyl (C=O) groups is 2. The van der Waals surface area contributed by atoms with Gasteiger partial charge in [0.1, 0.15) is 11.4 Å². The number of likely N-dealkylation sites (N-methyl/N-ethyl adjacent to an activating group) is 1. The van der Waals surface area contributed by atoms with Crippen LogP contribution in [0.4, 0.5) is 0 Å². The van der Waals surface area contributed by atoms with Crippen molar-refractivity contribution >= 4 is 33.4 Å². The maximum atomic E-state index is 13.0. The molecule has 152 valence electrons. The molecule has 0 atom stereocenters. The van der Waals surface area contributed by atoms with E-state index in [2.05, 4.69) is 17.2 Å². The van der Waals surface area contributed by atoms with Crippen LogP contribution in [0.1, 0.15) is 35.5 Å². The van der Waals surface area contributed by atoms with E-state index in [0.29, 0.717) is 27.2 Å². The summed E-state index contributed by atoms with van der Waals surface area (Å²) in [6.07, 6.45) is 2.23. The molecule has 0 saturated carbocycles. The van der Waals surface area contributed by atoms with Gasteiger partial charge in [-0.15, -0.1) is 11.3 Å². The molecule has 1 aliphatic rings. The van der Waals surface area contributed by atoms with E-state index in [1.165, 1.54) is 27.1 Å². The number of aryl methyl sites for hydroxylation is 1. The Kier molecular flexibility index (Phi) is 6.46. The van der Waals surface area contributed by atoms with Crippen molar-refractivity contribution in [2.24, 2.45) is 0 Å². The Balaban J connectivity index is 1.85. The number of nitrogens with one attached hydrogen (secondary N) is 2. The normalized spacial score (nSPS) is 15.2. The first-order valence-corrected chi connectivity index (χ1v) is 10.7. The zero-order valence-electron chi connectivity index (χ0n) is 16.7. The van der Waals surface area contributed by atoms with E-state index in [9.17, 15) is 14.4 Å². The second kappa shape index (κ2) is 8.83. The summed E-state index contributed by atoms with van der Waals surface area (Å²) in [6, 6.07) is 0. The Morgan fingerprint density at radius 3 is 2.64 bits per heavy atom. The van der Waals surface area contributed by atoms with Gasteiger partial charge in [0.05, 0.1) is 49.3 Å². The second-order valence-electron chi connectivity index (χ2n) is 7.16. The molecular formula is C19H28N5O3S+. The van der Waals surface area contributed by atoms with Crippen molar-refractivity contribution in [1.82, 2.24) is 19.8 Å². The molecule has 2 aromatic rings. The number of hydrogen-bond donors (Lipinski definition) is 2. The van der Waals surface area contributed by atoms with Crippen molar-refractivity contribution in [3.05, 3.63) is 27.1 Å². The van der Waals surface area contributed by atoms with Crippen molar-refractivity contribution in [1.29, 1.82) is 0 Å². The minimum atomic E-state index is -0.273. The number of piperazine rings is 1. The average Bonchev–Trinajstić information content (AvgIpc) is 3.05. The zero-order valence-corrected chi connectivity index (χ0v) is 17.5. The van der Waals surface area contributed by atoms with Crippen LogP contribution in [0, 0.1) is 6.92 Å². The van der Waals surface area contributed by atoms with Crippen LogP contribution in [0.3, 0.4) is 0 Å². The molecule has 2 amide bonds. The molecule has 0 aromatic carbocycles. The summed E-state index contributed by atoms with van der Waals surface area (Å²) in [7, 11) is 0. The fraction of sp³-hybridized carbons (Fsp3) is 0.579. The molecule has 2 aromatic heterocycles. The quantitative estimate of drug-likeness (QED) is 0.687. The third-order valence-electron chi connectivity index (χ3n) is 5.26. The summed E-state index contributed by atoms with van der Waals surface area (Å²) >= 11 is 1.26. The number of thiophene rings is 1. The number of amides is 2. The van der Waals surface area contributed by atoms with Crippen LogP contribution in [0.25, 0.3) is 10.2 Å². The Labute approximate surface area is 168 Å². The van der Waals surface area contributed by atoms with Crippen LogP contribution in [0.5, 0.6) is 0 Å². The number of hydrogen-bond acceptors (Lipinski definition) is 5. The molecule has 3 rings (SSSR count). The lowest BCUT2D eigenvalue weighted by atomic mass is 10.2. The van der Waals surface area contributed by atoms with Gasteiger partial charge < -0.3 is 15.1 Å². The first-order valence-electron chi connectivity index (χ1n) is 9.84. The average molecular weight is 407 g/mol. The topological polar surface area (TPSA) is 88.7 Å². The lowest BCUT2D eigenvalue weighted by Crippen LogP contribution is -3.14. The number of rotatable bonds is 6. The summed E-state index contributed by atoms with van der Waals surface area (Å²) in [5.74, 6) is -0.243. The van der Waals surface area contributed by atoms with Crippen LogP contribution in [-0.4, -0.2) is 65.5 Å². The molecule has 1 fully saturated rings. The Morgan fingerprint density at radius 2 is 2.00 bits per heavy atom. The third-order valence-corrected chi connectivity index (χ3v) is 6.44. The van der Waals surface area contributed by atoms with Crippen LogP contribution in [0.15, 0.2) is 11.1 Å². The maximum absolute atomic E-state index is 13.0. The number of nitrogens with zero attached hydrogens (tertiary/aromatic N) is 3.